The lowest BCUT2D eigenvalue weighted by Crippen LogP contribution is -2.22. The summed E-state index contributed by atoms with van der Waals surface area (Å²) in [6.45, 7) is 9.74. The van der Waals surface area contributed by atoms with Gasteiger partial charge in [0.05, 0.1) is 19.2 Å². The molecule has 0 spiro atoms. The van der Waals surface area contributed by atoms with Crippen LogP contribution in [0.25, 0.3) is 0 Å². The lowest BCUT2D eigenvalue weighted by molar-refractivity contribution is -0.143. The normalized spacial score (nSPS) is 12.3. The molecule has 1 unspecified atom stereocenters. The summed E-state index contributed by atoms with van der Waals surface area (Å²) < 4.78 is 4.81. The predicted molar refractivity (Wildman–Crippen MR) is 91.0 cm³/mol. The largest absolute Gasteiger partial charge is 0.465 e. The van der Waals surface area contributed by atoms with E-state index < -0.39 is 11.9 Å². The van der Waals surface area contributed by atoms with Gasteiger partial charge in [0.25, 0.3) is 0 Å². The van der Waals surface area contributed by atoms with Crippen molar-refractivity contribution in [3.05, 3.63) is 35.4 Å². The number of esters is 1. The van der Waals surface area contributed by atoms with Gasteiger partial charge in [-0.25, -0.2) is 0 Å². The summed E-state index contributed by atoms with van der Waals surface area (Å²) >= 11 is 0. The standard InChI is InChI=1S/C18H25N3O2/c1-4-21(5-2)14-16-9-7-15(8-10-16)12-20-13-17(11-19)18(22)23-6-3/h7-10,13,17H,4-6,12,14H2,1-3H3. The van der Waals surface area contributed by atoms with Crippen molar-refractivity contribution in [1.29, 1.82) is 5.26 Å². The van der Waals surface area contributed by atoms with E-state index in [1.54, 1.807) is 6.92 Å². The van der Waals surface area contributed by atoms with E-state index in [0.717, 1.165) is 25.2 Å². The smallest absolute Gasteiger partial charge is 0.328 e. The van der Waals surface area contributed by atoms with Crippen molar-refractivity contribution in [2.45, 2.75) is 33.9 Å². The molecule has 0 saturated carbocycles. The molecule has 0 aliphatic rings. The molecule has 1 rings (SSSR count). The number of aliphatic imine (C=N–C) groups is 1. The van der Waals surface area contributed by atoms with E-state index in [2.05, 4.69) is 35.9 Å². The second-order valence-electron chi connectivity index (χ2n) is 5.13. The SMILES string of the molecule is CCOC(=O)C(C#N)C=NCc1ccc(CN(CC)CC)cc1. The van der Waals surface area contributed by atoms with E-state index in [4.69, 9.17) is 10.00 Å². The summed E-state index contributed by atoms with van der Waals surface area (Å²) in [7, 11) is 0. The highest BCUT2D eigenvalue weighted by Gasteiger charge is 2.15. The fourth-order valence-corrected chi connectivity index (χ4v) is 2.10. The highest BCUT2D eigenvalue weighted by atomic mass is 16.5. The number of hydrogen-bond donors (Lipinski definition) is 0. The minimum absolute atomic E-state index is 0.263. The van der Waals surface area contributed by atoms with Crippen LogP contribution >= 0.6 is 0 Å². The molecule has 0 saturated heterocycles. The number of nitriles is 1. The Hall–Kier alpha value is -2.19. The molecule has 0 N–H and O–H groups in total. The summed E-state index contributed by atoms with van der Waals surface area (Å²) in [5.41, 5.74) is 2.31. The second-order valence-corrected chi connectivity index (χ2v) is 5.13. The van der Waals surface area contributed by atoms with Crippen LogP contribution in [0.4, 0.5) is 0 Å². The Labute approximate surface area is 138 Å². The predicted octanol–water partition coefficient (Wildman–Crippen LogP) is 2.80. The number of rotatable bonds is 9. The summed E-state index contributed by atoms with van der Waals surface area (Å²) in [5.74, 6) is -1.48. The van der Waals surface area contributed by atoms with Gasteiger partial charge in [-0.2, -0.15) is 5.26 Å². The number of nitrogens with zero attached hydrogens (tertiary/aromatic N) is 3. The molecular formula is C18H25N3O2. The number of ether oxygens (including phenoxy) is 1. The van der Waals surface area contributed by atoms with Crippen LogP contribution in [0.1, 0.15) is 31.9 Å². The molecule has 1 atom stereocenters. The quantitative estimate of drug-likeness (QED) is 0.519. The molecule has 0 fully saturated rings. The van der Waals surface area contributed by atoms with Crippen molar-refractivity contribution in [3.63, 3.8) is 0 Å². The van der Waals surface area contributed by atoms with Crippen LogP contribution in [-0.2, 0) is 22.6 Å². The van der Waals surface area contributed by atoms with E-state index >= 15 is 0 Å². The van der Waals surface area contributed by atoms with Gasteiger partial charge in [0.15, 0.2) is 5.92 Å². The number of carbonyl (C=O) groups is 1. The van der Waals surface area contributed by atoms with Gasteiger partial charge in [-0.3, -0.25) is 14.7 Å². The average Bonchev–Trinajstić information content (AvgIpc) is 2.58. The van der Waals surface area contributed by atoms with Gasteiger partial charge in [-0.15, -0.1) is 0 Å². The van der Waals surface area contributed by atoms with Crippen molar-refractivity contribution in [1.82, 2.24) is 4.90 Å². The Morgan fingerprint density at radius 1 is 1.26 bits per heavy atom. The fraction of sp³-hybridized carbons (Fsp3) is 0.500. The van der Waals surface area contributed by atoms with Gasteiger partial charge in [-0.05, 0) is 31.1 Å². The third-order valence-electron chi connectivity index (χ3n) is 3.53. The highest BCUT2D eigenvalue weighted by Crippen LogP contribution is 2.09. The van der Waals surface area contributed by atoms with Crippen LogP contribution in [0.15, 0.2) is 29.3 Å². The van der Waals surface area contributed by atoms with E-state index in [1.807, 2.05) is 18.2 Å². The summed E-state index contributed by atoms with van der Waals surface area (Å²) in [6, 6.07) is 10.1. The van der Waals surface area contributed by atoms with Gasteiger partial charge in [0, 0.05) is 12.8 Å². The monoisotopic (exact) mass is 315 g/mol. The first-order valence-electron chi connectivity index (χ1n) is 8.00. The molecule has 23 heavy (non-hydrogen) atoms. The average molecular weight is 315 g/mol. The van der Waals surface area contributed by atoms with Gasteiger partial charge < -0.3 is 4.74 Å². The Morgan fingerprint density at radius 2 is 1.87 bits per heavy atom. The molecule has 5 heteroatoms. The van der Waals surface area contributed by atoms with E-state index in [9.17, 15) is 4.79 Å². The van der Waals surface area contributed by atoms with Crippen molar-refractivity contribution < 1.29 is 9.53 Å². The van der Waals surface area contributed by atoms with Crippen molar-refractivity contribution in [2.24, 2.45) is 10.9 Å². The van der Waals surface area contributed by atoms with E-state index in [1.165, 1.54) is 11.8 Å². The fourth-order valence-electron chi connectivity index (χ4n) is 2.10. The number of carbonyl (C=O) groups excluding carboxylic acids is 1. The van der Waals surface area contributed by atoms with Crippen LogP contribution in [0.2, 0.25) is 0 Å². The van der Waals surface area contributed by atoms with Gasteiger partial charge in [0.2, 0.25) is 0 Å². The maximum Gasteiger partial charge on any atom is 0.328 e. The Kier molecular flexibility index (Phi) is 8.63. The van der Waals surface area contributed by atoms with Crippen LogP contribution in [0.5, 0.6) is 0 Å². The molecule has 124 valence electrons. The van der Waals surface area contributed by atoms with E-state index in [0.29, 0.717) is 6.54 Å². The summed E-state index contributed by atoms with van der Waals surface area (Å²) in [4.78, 5) is 18.0. The lowest BCUT2D eigenvalue weighted by Gasteiger charge is -2.17. The molecule has 0 heterocycles. The Balaban J connectivity index is 2.56. The lowest BCUT2D eigenvalue weighted by atomic mass is 10.1. The molecule has 5 nitrogen and oxygen atoms in total. The van der Waals surface area contributed by atoms with Crippen molar-refractivity contribution >= 4 is 12.2 Å². The first-order valence-corrected chi connectivity index (χ1v) is 8.00. The third kappa shape index (κ3) is 6.62. The molecular weight excluding hydrogens is 290 g/mol. The van der Waals surface area contributed by atoms with E-state index in [-0.39, 0.29) is 6.61 Å². The molecule has 0 radical (unpaired) electrons. The van der Waals surface area contributed by atoms with Gasteiger partial charge >= 0.3 is 5.97 Å². The number of benzene rings is 1. The zero-order valence-electron chi connectivity index (χ0n) is 14.2. The zero-order chi connectivity index (χ0) is 17.1. The molecule has 1 aromatic rings. The van der Waals surface area contributed by atoms with Crippen LogP contribution < -0.4 is 0 Å². The van der Waals surface area contributed by atoms with Gasteiger partial charge in [-0.1, -0.05) is 38.1 Å². The van der Waals surface area contributed by atoms with Crippen LogP contribution in [0.3, 0.4) is 0 Å². The van der Waals surface area contributed by atoms with Crippen molar-refractivity contribution in [3.8, 4) is 6.07 Å². The van der Waals surface area contributed by atoms with Crippen LogP contribution in [0, 0.1) is 17.2 Å². The van der Waals surface area contributed by atoms with Gasteiger partial charge in [0.1, 0.15) is 0 Å². The first-order chi connectivity index (χ1) is 11.1. The number of hydrogen-bond acceptors (Lipinski definition) is 5. The summed E-state index contributed by atoms with van der Waals surface area (Å²) in [5, 5.41) is 8.94. The maximum absolute atomic E-state index is 11.5. The summed E-state index contributed by atoms with van der Waals surface area (Å²) in [6.07, 6.45) is 1.36. The van der Waals surface area contributed by atoms with Crippen LogP contribution in [-0.4, -0.2) is 36.8 Å². The molecule has 0 aliphatic heterocycles. The Morgan fingerprint density at radius 3 is 2.39 bits per heavy atom. The first kappa shape index (κ1) is 18.9. The molecule has 0 bridgehead atoms. The maximum atomic E-state index is 11.5. The Bertz CT molecular complexity index is 542. The van der Waals surface area contributed by atoms with Crippen molar-refractivity contribution in [2.75, 3.05) is 19.7 Å². The minimum Gasteiger partial charge on any atom is -0.465 e. The topological polar surface area (TPSA) is 65.7 Å². The zero-order valence-corrected chi connectivity index (χ0v) is 14.2. The third-order valence-corrected chi connectivity index (χ3v) is 3.53. The molecule has 0 aromatic heterocycles. The molecule has 0 aliphatic carbocycles. The molecule has 0 amide bonds. The minimum atomic E-state index is -0.933. The second kappa shape index (κ2) is 10.5. The molecule has 1 aromatic carbocycles. The highest BCUT2D eigenvalue weighted by molar-refractivity contribution is 5.92.